The van der Waals surface area contributed by atoms with Crippen LogP contribution in [0.15, 0.2) is 60.7 Å². The molecule has 0 unspecified atom stereocenters. The molecule has 0 aliphatic rings. The quantitative estimate of drug-likeness (QED) is 0.382. The third-order valence-corrected chi connectivity index (χ3v) is 3.96. The van der Waals surface area contributed by atoms with Gasteiger partial charge < -0.3 is 20.1 Å². The molecule has 0 saturated heterocycles. The second-order valence-corrected chi connectivity index (χ2v) is 7.88. The molecule has 0 radical (unpaired) electrons. The standard InChI is InChI=1S/C24H28N2O5/c1-5-30-23(29)31-20-11-9-18(10-12-20)22(28)25-16-17-7-6-8-19(15-17)26-21(27)13-14-24(2,3)4/h6-15H,5,16H2,1-4H3,(H,25,28)(H,26,27)/b14-13+. The average Bonchev–Trinajstić information content (AvgIpc) is 2.71. The number of nitrogens with one attached hydrogen (secondary N) is 2. The van der Waals surface area contributed by atoms with Crippen molar-refractivity contribution in [3.8, 4) is 5.75 Å². The molecular formula is C24H28N2O5. The molecule has 0 aromatic heterocycles. The number of rotatable bonds is 7. The Kier molecular flexibility index (Phi) is 8.37. The number of ether oxygens (including phenoxy) is 2. The van der Waals surface area contributed by atoms with Crippen LogP contribution in [0.4, 0.5) is 10.5 Å². The van der Waals surface area contributed by atoms with E-state index in [1.165, 1.54) is 18.2 Å². The van der Waals surface area contributed by atoms with Crippen LogP contribution in [-0.4, -0.2) is 24.6 Å². The maximum atomic E-state index is 12.4. The van der Waals surface area contributed by atoms with Gasteiger partial charge in [0.25, 0.3) is 5.91 Å². The van der Waals surface area contributed by atoms with Gasteiger partial charge in [0.05, 0.1) is 6.61 Å². The SMILES string of the molecule is CCOC(=O)Oc1ccc(C(=O)NCc2cccc(NC(=O)/C=C/C(C)(C)C)c2)cc1. The molecule has 0 aliphatic carbocycles. The molecule has 0 saturated carbocycles. The molecule has 7 heteroatoms. The highest BCUT2D eigenvalue weighted by molar-refractivity contribution is 5.99. The van der Waals surface area contributed by atoms with Crippen LogP contribution >= 0.6 is 0 Å². The number of allylic oxidation sites excluding steroid dienone is 1. The van der Waals surface area contributed by atoms with Crippen LogP contribution in [-0.2, 0) is 16.1 Å². The Morgan fingerprint density at radius 2 is 1.74 bits per heavy atom. The Hall–Kier alpha value is -3.61. The van der Waals surface area contributed by atoms with Gasteiger partial charge in [-0.2, -0.15) is 0 Å². The van der Waals surface area contributed by atoms with Crippen molar-refractivity contribution in [1.82, 2.24) is 5.32 Å². The highest BCUT2D eigenvalue weighted by atomic mass is 16.7. The van der Waals surface area contributed by atoms with Crippen LogP contribution < -0.4 is 15.4 Å². The molecule has 0 heterocycles. The van der Waals surface area contributed by atoms with Crippen molar-refractivity contribution in [3.05, 3.63) is 71.8 Å². The Morgan fingerprint density at radius 3 is 2.39 bits per heavy atom. The maximum absolute atomic E-state index is 12.4. The number of anilines is 1. The fraction of sp³-hybridized carbons (Fsp3) is 0.292. The minimum absolute atomic E-state index is 0.0768. The lowest BCUT2D eigenvalue weighted by Gasteiger charge is -2.11. The zero-order valence-electron chi connectivity index (χ0n) is 18.2. The van der Waals surface area contributed by atoms with E-state index in [9.17, 15) is 14.4 Å². The van der Waals surface area contributed by atoms with Gasteiger partial charge in [0.1, 0.15) is 5.75 Å². The van der Waals surface area contributed by atoms with Crippen molar-refractivity contribution in [1.29, 1.82) is 0 Å². The van der Waals surface area contributed by atoms with Crippen molar-refractivity contribution >= 4 is 23.7 Å². The van der Waals surface area contributed by atoms with Gasteiger partial charge >= 0.3 is 6.16 Å². The molecule has 2 aromatic rings. The van der Waals surface area contributed by atoms with E-state index in [4.69, 9.17) is 9.47 Å². The summed E-state index contributed by atoms with van der Waals surface area (Å²) >= 11 is 0. The summed E-state index contributed by atoms with van der Waals surface area (Å²) in [4.78, 5) is 35.7. The monoisotopic (exact) mass is 424 g/mol. The van der Waals surface area contributed by atoms with E-state index in [1.54, 1.807) is 31.2 Å². The summed E-state index contributed by atoms with van der Waals surface area (Å²) in [5, 5.41) is 5.64. The van der Waals surface area contributed by atoms with Crippen LogP contribution in [0, 0.1) is 5.41 Å². The average molecular weight is 424 g/mol. The fourth-order valence-electron chi connectivity index (χ4n) is 2.47. The number of hydrogen-bond donors (Lipinski definition) is 2. The van der Waals surface area contributed by atoms with E-state index in [1.807, 2.05) is 39.0 Å². The van der Waals surface area contributed by atoms with Crippen LogP contribution in [0.2, 0.25) is 0 Å². The first kappa shape index (κ1) is 23.7. The van der Waals surface area contributed by atoms with Gasteiger partial charge in [-0.3, -0.25) is 9.59 Å². The minimum atomic E-state index is -0.791. The van der Waals surface area contributed by atoms with Crippen LogP contribution in [0.1, 0.15) is 43.6 Å². The van der Waals surface area contributed by atoms with Gasteiger partial charge in [-0.05, 0) is 60.4 Å². The molecule has 7 nitrogen and oxygen atoms in total. The van der Waals surface area contributed by atoms with Crippen molar-refractivity contribution in [3.63, 3.8) is 0 Å². The zero-order chi connectivity index (χ0) is 22.9. The maximum Gasteiger partial charge on any atom is 0.513 e. The summed E-state index contributed by atoms with van der Waals surface area (Å²) in [5.74, 6) is -0.189. The number of carbonyl (C=O) groups excluding carboxylic acids is 3. The van der Waals surface area contributed by atoms with E-state index >= 15 is 0 Å². The van der Waals surface area contributed by atoms with E-state index in [0.29, 0.717) is 23.5 Å². The molecule has 2 rings (SSSR count). The van der Waals surface area contributed by atoms with E-state index < -0.39 is 6.16 Å². The normalized spacial score (nSPS) is 11.1. The number of amides is 2. The zero-order valence-corrected chi connectivity index (χ0v) is 18.2. The summed E-state index contributed by atoms with van der Waals surface area (Å²) < 4.78 is 9.67. The number of hydrogen-bond acceptors (Lipinski definition) is 5. The highest BCUT2D eigenvalue weighted by Crippen LogP contribution is 2.16. The van der Waals surface area contributed by atoms with E-state index in [0.717, 1.165) is 5.56 Å². The Bertz CT molecular complexity index is 943. The topological polar surface area (TPSA) is 93.7 Å². The first-order valence-corrected chi connectivity index (χ1v) is 9.98. The highest BCUT2D eigenvalue weighted by Gasteiger charge is 2.09. The van der Waals surface area contributed by atoms with Gasteiger partial charge in [0.15, 0.2) is 0 Å². The van der Waals surface area contributed by atoms with Crippen LogP contribution in [0.3, 0.4) is 0 Å². The molecule has 0 spiro atoms. The lowest BCUT2D eigenvalue weighted by Crippen LogP contribution is -2.22. The summed E-state index contributed by atoms with van der Waals surface area (Å²) in [7, 11) is 0. The summed E-state index contributed by atoms with van der Waals surface area (Å²) in [6, 6.07) is 13.4. The first-order valence-electron chi connectivity index (χ1n) is 9.98. The van der Waals surface area contributed by atoms with Crippen molar-refractivity contribution < 1.29 is 23.9 Å². The van der Waals surface area contributed by atoms with Gasteiger partial charge in [-0.1, -0.05) is 39.0 Å². The number of carbonyl (C=O) groups is 3. The molecule has 0 aliphatic heterocycles. The Labute approximate surface area is 182 Å². The summed E-state index contributed by atoms with van der Waals surface area (Å²) in [6.07, 6.45) is 2.57. The Morgan fingerprint density at radius 1 is 1.03 bits per heavy atom. The van der Waals surface area contributed by atoms with Crippen molar-refractivity contribution in [2.24, 2.45) is 5.41 Å². The summed E-state index contributed by atoms with van der Waals surface area (Å²) in [6.45, 7) is 8.24. The van der Waals surface area contributed by atoms with Gasteiger partial charge in [0, 0.05) is 17.8 Å². The third kappa shape index (κ3) is 8.74. The lowest BCUT2D eigenvalue weighted by atomic mass is 9.96. The molecule has 2 amide bonds. The first-order chi connectivity index (χ1) is 14.7. The van der Waals surface area contributed by atoms with Crippen molar-refractivity contribution in [2.45, 2.75) is 34.2 Å². The minimum Gasteiger partial charge on any atom is -0.434 e. The van der Waals surface area contributed by atoms with Gasteiger partial charge in [-0.15, -0.1) is 0 Å². The molecule has 2 N–H and O–H groups in total. The molecule has 31 heavy (non-hydrogen) atoms. The smallest absolute Gasteiger partial charge is 0.434 e. The molecule has 164 valence electrons. The lowest BCUT2D eigenvalue weighted by molar-refractivity contribution is -0.112. The molecule has 0 fully saturated rings. The predicted octanol–water partition coefficient (Wildman–Crippen LogP) is 4.69. The van der Waals surface area contributed by atoms with Crippen molar-refractivity contribution in [2.75, 3.05) is 11.9 Å². The molecule has 2 aromatic carbocycles. The van der Waals surface area contributed by atoms with Crippen LogP contribution in [0.25, 0.3) is 0 Å². The van der Waals surface area contributed by atoms with E-state index in [-0.39, 0.29) is 23.8 Å². The van der Waals surface area contributed by atoms with E-state index in [2.05, 4.69) is 10.6 Å². The number of benzene rings is 2. The third-order valence-electron chi connectivity index (χ3n) is 3.96. The van der Waals surface area contributed by atoms with Gasteiger partial charge in [-0.25, -0.2) is 4.79 Å². The summed E-state index contributed by atoms with van der Waals surface area (Å²) in [5.41, 5.74) is 1.84. The van der Waals surface area contributed by atoms with Gasteiger partial charge in [0.2, 0.25) is 5.91 Å². The Balaban J connectivity index is 1.90. The second kappa shape index (κ2) is 11.0. The fourth-order valence-corrected chi connectivity index (χ4v) is 2.47. The van der Waals surface area contributed by atoms with Crippen LogP contribution in [0.5, 0.6) is 5.75 Å². The predicted molar refractivity (Wildman–Crippen MR) is 119 cm³/mol. The molecule has 0 bridgehead atoms. The second-order valence-electron chi connectivity index (χ2n) is 7.88. The molecule has 0 atom stereocenters. The largest absolute Gasteiger partial charge is 0.513 e. The molecular weight excluding hydrogens is 396 g/mol.